The Labute approximate surface area is 118 Å². The average molecular weight is 279 g/mol. The SMILES string of the molecule is COC1C(C)OC2COC(c3ccccc3)OC2C1N. The van der Waals surface area contributed by atoms with Gasteiger partial charge in [-0.25, -0.2) is 0 Å². The van der Waals surface area contributed by atoms with E-state index < -0.39 is 6.29 Å². The maximum atomic E-state index is 6.29. The third-order valence-corrected chi connectivity index (χ3v) is 4.01. The molecule has 0 radical (unpaired) electrons. The molecule has 5 nitrogen and oxygen atoms in total. The highest BCUT2D eigenvalue weighted by atomic mass is 16.7. The third kappa shape index (κ3) is 2.47. The van der Waals surface area contributed by atoms with E-state index in [1.807, 2.05) is 37.3 Å². The summed E-state index contributed by atoms with van der Waals surface area (Å²) in [5, 5.41) is 0. The van der Waals surface area contributed by atoms with Gasteiger partial charge in [0.1, 0.15) is 18.3 Å². The molecule has 3 rings (SSSR count). The Morgan fingerprint density at radius 1 is 1.20 bits per heavy atom. The number of nitrogens with two attached hydrogens (primary N) is 1. The van der Waals surface area contributed by atoms with Crippen LogP contribution in [-0.4, -0.2) is 44.2 Å². The van der Waals surface area contributed by atoms with E-state index in [0.29, 0.717) is 6.61 Å². The molecular formula is C15H21NO4. The molecule has 2 N–H and O–H groups in total. The van der Waals surface area contributed by atoms with E-state index in [2.05, 4.69) is 0 Å². The van der Waals surface area contributed by atoms with E-state index in [1.54, 1.807) is 7.11 Å². The van der Waals surface area contributed by atoms with Crippen LogP contribution in [0.1, 0.15) is 18.8 Å². The van der Waals surface area contributed by atoms with Crippen LogP contribution in [0.3, 0.4) is 0 Å². The molecule has 0 bridgehead atoms. The van der Waals surface area contributed by atoms with E-state index in [4.69, 9.17) is 24.7 Å². The van der Waals surface area contributed by atoms with Crippen molar-refractivity contribution in [2.75, 3.05) is 13.7 Å². The first-order valence-corrected chi connectivity index (χ1v) is 6.96. The maximum Gasteiger partial charge on any atom is 0.184 e. The second-order valence-electron chi connectivity index (χ2n) is 5.33. The van der Waals surface area contributed by atoms with Gasteiger partial charge in [-0.3, -0.25) is 0 Å². The maximum absolute atomic E-state index is 6.29. The summed E-state index contributed by atoms with van der Waals surface area (Å²) in [6.45, 7) is 2.45. The van der Waals surface area contributed by atoms with E-state index in [9.17, 15) is 0 Å². The summed E-state index contributed by atoms with van der Waals surface area (Å²) in [5.41, 5.74) is 7.28. The van der Waals surface area contributed by atoms with Crippen LogP contribution in [0.5, 0.6) is 0 Å². The minimum absolute atomic E-state index is 0.0586. The molecule has 2 aliphatic heterocycles. The fraction of sp³-hybridized carbons (Fsp3) is 0.600. The average Bonchev–Trinajstić information content (AvgIpc) is 2.48. The molecule has 0 aliphatic carbocycles. The van der Waals surface area contributed by atoms with Crippen molar-refractivity contribution in [3.05, 3.63) is 35.9 Å². The molecule has 1 aromatic carbocycles. The fourth-order valence-corrected chi connectivity index (χ4v) is 2.99. The van der Waals surface area contributed by atoms with Gasteiger partial charge in [-0.05, 0) is 6.92 Å². The van der Waals surface area contributed by atoms with Gasteiger partial charge in [0.05, 0.1) is 18.8 Å². The van der Waals surface area contributed by atoms with Crippen LogP contribution >= 0.6 is 0 Å². The molecule has 0 aromatic heterocycles. The Morgan fingerprint density at radius 2 is 1.95 bits per heavy atom. The van der Waals surface area contributed by atoms with E-state index in [-0.39, 0.29) is 30.5 Å². The Balaban J connectivity index is 1.75. The monoisotopic (exact) mass is 279 g/mol. The van der Waals surface area contributed by atoms with Crippen molar-refractivity contribution < 1.29 is 18.9 Å². The van der Waals surface area contributed by atoms with Crippen LogP contribution in [0.4, 0.5) is 0 Å². The van der Waals surface area contributed by atoms with Gasteiger partial charge in [-0.2, -0.15) is 0 Å². The summed E-state index contributed by atoms with van der Waals surface area (Å²) in [4.78, 5) is 0. The number of methoxy groups -OCH3 is 1. The minimum Gasteiger partial charge on any atom is -0.377 e. The predicted octanol–water partition coefficient (Wildman–Crippen LogP) is 1.23. The van der Waals surface area contributed by atoms with Crippen molar-refractivity contribution in [1.29, 1.82) is 0 Å². The summed E-state index contributed by atoms with van der Waals surface area (Å²) in [5.74, 6) is 0. The first kappa shape index (κ1) is 14.0. The topological polar surface area (TPSA) is 62.9 Å². The largest absolute Gasteiger partial charge is 0.377 e. The highest BCUT2D eigenvalue weighted by Crippen LogP contribution is 2.33. The molecule has 2 fully saturated rings. The predicted molar refractivity (Wildman–Crippen MR) is 73.1 cm³/mol. The lowest BCUT2D eigenvalue weighted by Gasteiger charge is -2.47. The van der Waals surface area contributed by atoms with Gasteiger partial charge in [0, 0.05) is 12.7 Å². The quantitative estimate of drug-likeness (QED) is 0.882. The van der Waals surface area contributed by atoms with E-state index >= 15 is 0 Å². The normalized spacial score (nSPS) is 41.1. The molecule has 6 atom stereocenters. The first-order chi connectivity index (χ1) is 9.70. The van der Waals surface area contributed by atoms with Crippen molar-refractivity contribution >= 4 is 0 Å². The van der Waals surface area contributed by atoms with Gasteiger partial charge < -0.3 is 24.7 Å². The number of benzene rings is 1. The Kier molecular flexibility index (Phi) is 4.05. The van der Waals surface area contributed by atoms with Crippen molar-refractivity contribution in [3.63, 3.8) is 0 Å². The lowest BCUT2D eigenvalue weighted by atomic mass is 9.93. The van der Waals surface area contributed by atoms with Crippen LogP contribution in [0.15, 0.2) is 30.3 Å². The second-order valence-corrected chi connectivity index (χ2v) is 5.33. The lowest BCUT2D eigenvalue weighted by Crippen LogP contribution is -2.64. The van der Waals surface area contributed by atoms with Gasteiger partial charge in [0.15, 0.2) is 6.29 Å². The fourth-order valence-electron chi connectivity index (χ4n) is 2.99. The molecule has 1 aromatic rings. The van der Waals surface area contributed by atoms with Crippen LogP contribution in [-0.2, 0) is 18.9 Å². The zero-order valence-corrected chi connectivity index (χ0v) is 11.8. The first-order valence-electron chi connectivity index (χ1n) is 6.96. The van der Waals surface area contributed by atoms with E-state index in [0.717, 1.165) is 5.56 Å². The molecule has 20 heavy (non-hydrogen) atoms. The van der Waals surface area contributed by atoms with Gasteiger partial charge in [-0.15, -0.1) is 0 Å². The standard InChI is InChI=1S/C15H21NO4/c1-9-13(17-2)12(16)14-11(19-9)8-18-15(20-14)10-6-4-3-5-7-10/h3-7,9,11-15H,8,16H2,1-2H3. The number of ether oxygens (including phenoxy) is 4. The number of fused-ring (bicyclic) bond motifs is 1. The van der Waals surface area contributed by atoms with Gasteiger partial charge >= 0.3 is 0 Å². The highest BCUT2D eigenvalue weighted by Gasteiger charge is 2.47. The Bertz CT molecular complexity index is 441. The molecule has 110 valence electrons. The number of rotatable bonds is 2. The Hall–Kier alpha value is -0.980. The van der Waals surface area contributed by atoms with Crippen molar-refractivity contribution in [3.8, 4) is 0 Å². The zero-order valence-electron chi connectivity index (χ0n) is 11.8. The minimum atomic E-state index is -0.391. The summed E-state index contributed by atoms with van der Waals surface area (Å²) in [7, 11) is 1.65. The van der Waals surface area contributed by atoms with Crippen molar-refractivity contribution in [2.45, 2.75) is 43.7 Å². The molecule has 5 heteroatoms. The summed E-state index contributed by atoms with van der Waals surface area (Å²) < 4.78 is 23.1. The van der Waals surface area contributed by atoms with Gasteiger partial charge in [0.25, 0.3) is 0 Å². The number of hydrogen-bond acceptors (Lipinski definition) is 5. The highest BCUT2D eigenvalue weighted by molar-refractivity contribution is 5.16. The van der Waals surface area contributed by atoms with Gasteiger partial charge in [0.2, 0.25) is 0 Å². The molecule has 0 spiro atoms. The van der Waals surface area contributed by atoms with Gasteiger partial charge in [-0.1, -0.05) is 30.3 Å². The van der Waals surface area contributed by atoms with Crippen molar-refractivity contribution in [1.82, 2.24) is 0 Å². The van der Waals surface area contributed by atoms with Crippen LogP contribution in [0.2, 0.25) is 0 Å². The second kappa shape index (κ2) is 5.79. The third-order valence-electron chi connectivity index (χ3n) is 4.01. The zero-order chi connectivity index (χ0) is 14.1. The molecule has 2 saturated heterocycles. The molecule has 6 unspecified atom stereocenters. The summed E-state index contributed by atoms with van der Waals surface area (Å²) in [6.07, 6.45) is -0.957. The van der Waals surface area contributed by atoms with E-state index in [1.165, 1.54) is 0 Å². The number of hydrogen-bond donors (Lipinski definition) is 1. The molecule has 0 amide bonds. The lowest BCUT2D eigenvalue weighted by molar-refractivity contribution is -0.306. The van der Waals surface area contributed by atoms with Crippen LogP contribution in [0.25, 0.3) is 0 Å². The Morgan fingerprint density at radius 3 is 2.65 bits per heavy atom. The molecule has 2 aliphatic rings. The summed E-state index contributed by atoms with van der Waals surface area (Å²) in [6, 6.07) is 9.64. The molecular weight excluding hydrogens is 258 g/mol. The smallest absolute Gasteiger partial charge is 0.184 e. The molecule has 2 heterocycles. The van der Waals surface area contributed by atoms with Crippen molar-refractivity contribution in [2.24, 2.45) is 5.73 Å². The molecule has 0 saturated carbocycles. The van der Waals surface area contributed by atoms with Crippen LogP contribution < -0.4 is 5.73 Å². The van der Waals surface area contributed by atoms with Crippen LogP contribution in [0, 0.1) is 0 Å². The summed E-state index contributed by atoms with van der Waals surface area (Å²) >= 11 is 0.